The quantitative estimate of drug-likeness (QED) is 0.136. The molecule has 0 amide bonds. The van der Waals surface area contributed by atoms with Gasteiger partial charge < -0.3 is 4.74 Å². The van der Waals surface area contributed by atoms with Gasteiger partial charge in [0.05, 0.1) is 7.85 Å². The van der Waals surface area contributed by atoms with Gasteiger partial charge >= 0.3 is 5.97 Å². The first-order valence-corrected chi connectivity index (χ1v) is 15.5. The van der Waals surface area contributed by atoms with Crippen LogP contribution in [0.1, 0.15) is 124 Å². The van der Waals surface area contributed by atoms with Gasteiger partial charge in [-0.3, -0.25) is 4.79 Å². The number of fused-ring (bicyclic) bond motifs is 4. The van der Waals surface area contributed by atoms with Crippen LogP contribution in [-0.2, 0) is 9.53 Å². The fourth-order valence-electron chi connectivity index (χ4n) is 10.1. The zero-order chi connectivity index (χ0) is 24.6. The molecule has 1 spiro atoms. The summed E-state index contributed by atoms with van der Waals surface area (Å²) in [4.78, 5) is 12.4. The van der Waals surface area contributed by atoms with Crippen LogP contribution in [0.3, 0.4) is 0 Å². The van der Waals surface area contributed by atoms with E-state index in [2.05, 4.69) is 26.8 Å². The largest absolute Gasteiger partial charge is 0.462 e. The number of unbranched alkanes of at least 4 members (excludes halogenated alkanes) is 2. The molecule has 5 rings (SSSR count). The number of ether oxygens (including phenoxy) is 1. The van der Waals surface area contributed by atoms with Gasteiger partial charge in [-0.05, 0) is 104 Å². The number of rotatable bonds is 10. The maximum atomic E-state index is 12.4. The third kappa shape index (κ3) is 4.81. The minimum atomic E-state index is 0.00875. The predicted octanol–water partition coefficient (Wildman–Crippen LogP) is 8.45. The van der Waals surface area contributed by atoms with E-state index < -0.39 is 0 Å². The average molecular weight is 479 g/mol. The molecule has 0 aromatic carbocycles. The van der Waals surface area contributed by atoms with Crippen molar-refractivity contribution in [3.05, 3.63) is 11.6 Å². The summed E-state index contributed by atoms with van der Waals surface area (Å²) in [7, 11) is 5.57. The minimum absolute atomic E-state index is 0.00875. The van der Waals surface area contributed by atoms with Crippen LogP contribution in [0.25, 0.3) is 0 Å². The highest BCUT2D eigenvalue weighted by Gasteiger charge is 2.66. The molecule has 8 atom stereocenters. The summed E-state index contributed by atoms with van der Waals surface area (Å²) in [6.45, 7) is 7.34. The highest BCUT2D eigenvalue weighted by Crippen LogP contribution is 2.74. The van der Waals surface area contributed by atoms with Gasteiger partial charge in [0.1, 0.15) is 6.10 Å². The average Bonchev–Trinajstić information content (AvgIpc) is 3.12. The Morgan fingerprint density at radius 1 is 1.06 bits per heavy atom. The summed E-state index contributed by atoms with van der Waals surface area (Å²) >= 11 is 0. The van der Waals surface area contributed by atoms with Gasteiger partial charge in [-0.25, -0.2) is 0 Å². The molecular weight excluding hydrogens is 427 g/mol. The van der Waals surface area contributed by atoms with Crippen LogP contribution in [0.15, 0.2) is 11.6 Å². The molecule has 35 heavy (non-hydrogen) atoms. The molecule has 0 bridgehead atoms. The van der Waals surface area contributed by atoms with Crippen molar-refractivity contribution in [1.29, 1.82) is 0 Å². The number of carbonyl (C=O) groups excluding carboxylic acids is 1. The molecule has 2 nitrogen and oxygen atoms in total. The Bertz CT molecular complexity index is 788. The molecule has 0 heterocycles. The van der Waals surface area contributed by atoms with Crippen LogP contribution in [0.5, 0.6) is 0 Å². The molecule has 3 heteroatoms. The normalized spacial score (nSPS) is 41.8. The summed E-state index contributed by atoms with van der Waals surface area (Å²) in [5, 5.41) is 0. The van der Waals surface area contributed by atoms with Crippen molar-refractivity contribution in [2.45, 2.75) is 136 Å². The monoisotopic (exact) mass is 478 g/mol. The Morgan fingerprint density at radius 3 is 2.69 bits per heavy atom. The number of carbonyl (C=O) groups is 1. The third-order valence-electron chi connectivity index (χ3n) is 11.8. The molecule has 5 aliphatic rings. The summed E-state index contributed by atoms with van der Waals surface area (Å²) < 4.78 is 5.96. The van der Waals surface area contributed by atoms with Crippen molar-refractivity contribution in [3.8, 4) is 0 Å². The van der Waals surface area contributed by atoms with E-state index in [1.807, 2.05) is 0 Å². The van der Waals surface area contributed by atoms with Gasteiger partial charge in [0.15, 0.2) is 0 Å². The van der Waals surface area contributed by atoms with Gasteiger partial charge in [-0.1, -0.05) is 70.8 Å². The summed E-state index contributed by atoms with van der Waals surface area (Å²) in [5.41, 5.74) is 2.71. The lowest BCUT2D eigenvalue weighted by Gasteiger charge is -2.64. The van der Waals surface area contributed by atoms with Crippen LogP contribution >= 0.6 is 0 Å². The molecule has 4 fully saturated rings. The van der Waals surface area contributed by atoms with Crippen molar-refractivity contribution in [2.75, 3.05) is 0 Å². The van der Waals surface area contributed by atoms with E-state index in [0.29, 0.717) is 18.2 Å². The second kappa shape index (κ2) is 10.6. The van der Waals surface area contributed by atoms with Crippen molar-refractivity contribution < 1.29 is 9.53 Å². The smallest absolute Gasteiger partial charge is 0.306 e. The third-order valence-corrected chi connectivity index (χ3v) is 11.8. The van der Waals surface area contributed by atoms with E-state index in [9.17, 15) is 4.79 Å². The Morgan fingerprint density at radius 2 is 1.89 bits per heavy atom. The zero-order valence-corrected chi connectivity index (χ0v) is 23.0. The number of hydrogen-bond acceptors (Lipinski definition) is 2. The summed E-state index contributed by atoms with van der Waals surface area (Å²) in [6, 6.07) is 0. The molecule has 0 saturated heterocycles. The van der Waals surface area contributed by atoms with Crippen LogP contribution in [0, 0.1) is 46.3 Å². The van der Waals surface area contributed by atoms with E-state index >= 15 is 0 Å². The van der Waals surface area contributed by atoms with E-state index in [1.165, 1.54) is 57.8 Å². The SMILES string of the molecule is [B]CCCCCC(=O)O[C@H]1CC[C@@]2(C)C(=CC[C@H]3[C@@H]4CC[C@@H]5[C@@H](CCCC(C)C)C[C@@]54CC[C@@H]32)C1. The van der Waals surface area contributed by atoms with Crippen molar-refractivity contribution in [2.24, 2.45) is 46.3 Å². The first kappa shape index (κ1) is 25.9. The predicted molar refractivity (Wildman–Crippen MR) is 145 cm³/mol. The Kier molecular flexibility index (Phi) is 7.82. The fraction of sp³-hybridized carbons (Fsp3) is 0.906. The second-order valence-electron chi connectivity index (χ2n) is 14.0. The molecule has 0 aliphatic heterocycles. The Balaban J connectivity index is 1.18. The standard InChI is InChI=1S/C32H51BO2/c1-22(2)8-7-9-23-21-32-18-16-28-26(29(32)14-13-27(23)32)12-11-24-20-25(15-17-31(24,28)3)35-30(34)10-5-4-6-19-33/h11,22-23,25-29H,4-10,12-21H2,1-3H3/t23-,25-,26+,27+,28-,29-,31-,32-/m0/s1. The first-order chi connectivity index (χ1) is 16.9. The maximum absolute atomic E-state index is 12.4. The van der Waals surface area contributed by atoms with Crippen LogP contribution in [0.4, 0.5) is 0 Å². The van der Waals surface area contributed by atoms with Gasteiger partial charge in [-0.2, -0.15) is 0 Å². The molecule has 0 N–H and O–H groups in total. The van der Waals surface area contributed by atoms with E-state index in [-0.39, 0.29) is 12.1 Å². The number of hydrogen-bond donors (Lipinski definition) is 0. The first-order valence-electron chi connectivity index (χ1n) is 15.5. The lowest BCUT2D eigenvalue weighted by atomic mass is 9.41. The fourth-order valence-corrected chi connectivity index (χ4v) is 10.1. The van der Waals surface area contributed by atoms with Gasteiger partial charge in [0.2, 0.25) is 0 Å². The van der Waals surface area contributed by atoms with E-state index in [4.69, 9.17) is 12.6 Å². The molecule has 4 saturated carbocycles. The molecule has 194 valence electrons. The molecule has 0 unspecified atom stereocenters. The molecule has 0 aromatic heterocycles. The van der Waals surface area contributed by atoms with Gasteiger partial charge in [0.25, 0.3) is 0 Å². The van der Waals surface area contributed by atoms with E-state index in [1.54, 1.807) is 12.0 Å². The molecule has 0 aromatic rings. The van der Waals surface area contributed by atoms with Crippen molar-refractivity contribution in [1.82, 2.24) is 0 Å². The Labute approximate surface area is 217 Å². The lowest BCUT2D eigenvalue weighted by molar-refractivity contribution is -0.153. The number of allylic oxidation sites excluding steroid dienone is 1. The minimum Gasteiger partial charge on any atom is -0.462 e. The Hall–Kier alpha value is -0.725. The highest BCUT2D eigenvalue weighted by atomic mass is 16.5. The van der Waals surface area contributed by atoms with Crippen molar-refractivity contribution in [3.63, 3.8) is 0 Å². The topological polar surface area (TPSA) is 26.3 Å². The zero-order valence-electron chi connectivity index (χ0n) is 23.0. The van der Waals surface area contributed by atoms with E-state index in [0.717, 1.165) is 73.0 Å². The van der Waals surface area contributed by atoms with Crippen LogP contribution in [0.2, 0.25) is 6.32 Å². The lowest BCUT2D eigenvalue weighted by Crippen LogP contribution is -2.56. The molecule has 5 aliphatic carbocycles. The van der Waals surface area contributed by atoms with Gasteiger partial charge in [-0.15, -0.1) is 0 Å². The maximum Gasteiger partial charge on any atom is 0.306 e. The molecular formula is C32H51BO2. The van der Waals surface area contributed by atoms with Crippen molar-refractivity contribution >= 4 is 13.8 Å². The van der Waals surface area contributed by atoms with Gasteiger partial charge in [0, 0.05) is 12.8 Å². The number of esters is 1. The van der Waals surface area contributed by atoms with Crippen LogP contribution in [-0.4, -0.2) is 19.9 Å². The summed E-state index contributed by atoms with van der Waals surface area (Å²) in [5.74, 6) is 5.74. The second-order valence-corrected chi connectivity index (χ2v) is 14.0. The highest BCUT2D eigenvalue weighted by molar-refractivity contribution is 6.08. The molecule has 2 radical (unpaired) electrons. The van der Waals surface area contributed by atoms with Crippen LogP contribution < -0.4 is 0 Å². The summed E-state index contributed by atoms with van der Waals surface area (Å²) in [6.07, 6.45) is 23.4.